The van der Waals surface area contributed by atoms with Crippen LogP contribution in [0.2, 0.25) is 0 Å². The maximum absolute atomic E-state index is 12.4. The highest BCUT2D eigenvalue weighted by Gasteiger charge is 2.27. The number of alkyl halides is 3. The molecule has 0 bridgehead atoms. The number of methoxy groups -OCH3 is 1. The van der Waals surface area contributed by atoms with Crippen molar-refractivity contribution in [3.05, 3.63) is 59.2 Å². The first-order chi connectivity index (χ1) is 14.1. The van der Waals surface area contributed by atoms with Gasteiger partial charge in [0.2, 0.25) is 10.0 Å². The number of carbonyl (C=O) groups excluding carboxylic acids is 1. The van der Waals surface area contributed by atoms with Crippen molar-refractivity contribution < 1.29 is 35.9 Å². The van der Waals surface area contributed by atoms with Crippen molar-refractivity contribution in [3.8, 4) is 5.75 Å². The first kappa shape index (κ1) is 23.6. The predicted molar refractivity (Wildman–Crippen MR) is 103 cm³/mol. The number of carbonyl (C=O) groups is 1. The number of ether oxygens (including phenoxy) is 2. The fourth-order valence-corrected chi connectivity index (χ4v) is 3.38. The molecular weight excluding hydrogens is 425 g/mol. The summed E-state index contributed by atoms with van der Waals surface area (Å²) < 4.78 is 72.2. The Balaban J connectivity index is 2.00. The van der Waals surface area contributed by atoms with Crippen LogP contribution in [0.1, 0.15) is 21.5 Å². The summed E-state index contributed by atoms with van der Waals surface area (Å²) in [6.45, 7) is -1.36. The van der Waals surface area contributed by atoms with Gasteiger partial charge in [-0.15, -0.1) is 0 Å². The lowest BCUT2D eigenvalue weighted by Crippen LogP contribution is -2.24. The molecule has 0 aliphatic rings. The van der Waals surface area contributed by atoms with Crippen molar-refractivity contribution in [2.45, 2.75) is 24.2 Å². The van der Waals surface area contributed by atoms with Crippen LogP contribution in [0.4, 0.5) is 13.2 Å². The molecule has 0 aromatic heterocycles. The second-order valence-electron chi connectivity index (χ2n) is 6.18. The minimum absolute atomic E-state index is 0.101. The largest absolute Gasteiger partial charge is 0.495 e. The van der Waals surface area contributed by atoms with Gasteiger partial charge < -0.3 is 14.8 Å². The fourth-order valence-electron chi connectivity index (χ4n) is 2.46. The summed E-state index contributed by atoms with van der Waals surface area (Å²) in [7, 11) is -1.25. The van der Waals surface area contributed by atoms with Crippen LogP contribution in [0.5, 0.6) is 5.75 Å². The molecule has 0 aliphatic heterocycles. The van der Waals surface area contributed by atoms with Gasteiger partial charge in [0.15, 0.2) is 0 Å². The molecule has 2 aromatic rings. The summed E-state index contributed by atoms with van der Waals surface area (Å²) >= 11 is 0. The lowest BCUT2D eigenvalue weighted by atomic mass is 10.1. The SMILES string of the molecule is CNS(=O)(=O)c1cc(C(=O)NCc2ccc(COCC(F)(F)F)cc2)ccc1OC. The highest BCUT2D eigenvalue weighted by molar-refractivity contribution is 7.89. The molecule has 0 fully saturated rings. The van der Waals surface area contributed by atoms with Crippen LogP contribution in [0.3, 0.4) is 0 Å². The summed E-state index contributed by atoms with van der Waals surface area (Å²) in [5, 5.41) is 2.66. The smallest absolute Gasteiger partial charge is 0.411 e. The minimum Gasteiger partial charge on any atom is -0.495 e. The van der Waals surface area contributed by atoms with E-state index in [-0.39, 0.29) is 29.4 Å². The van der Waals surface area contributed by atoms with Gasteiger partial charge in [-0.2, -0.15) is 13.2 Å². The summed E-state index contributed by atoms with van der Waals surface area (Å²) in [5.74, 6) is -0.396. The van der Waals surface area contributed by atoms with Crippen molar-refractivity contribution in [1.29, 1.82) is 0 Å². The van der Waals surface area contributed by atoms with Crippen LogP contribution in [-0.4, -0.2) is 41.3 Å². The number of hydrogen-bond donors (Lipinski definition) is 2. The van der Waals surface area contributed by atoms with Gasteiger partial charge in [0.25, 0.3) is 5.91 Å². The van der Waals surface area contributed by atoms with E-state index in [1.165, 1.54) is 32.4 Å². The number of halogens is 3. The van der Waals surface area contributed by atoms with Gasteiger partial charge in [-0.1, -0.05) is 24.3 Å². The lowest BCUT2D eigenvalue weighted by Gasteiger charge is -2.11. The third-order valence-corrected chi connectivity index (χ3v) is 5.43. The van der Waals surface area contributed by atoms with Gasteiger partial charge >= 0.3 is 6.18 Å². The molecule has 30 heavy (non-hydrogen) atoms. The Kier molecular flexibility index (Phi) is 7.82. The molecule has 2 aromatic carbocycles. The van der Waals surface area contributed by atoms with E-state index >= 15 is 0 Å². The predicted octanol–water partition coefficient (Wildman–Crippen LogP) is 2.61. The van der Waals surface area contributed by atoms with Crippen LogP contribution >= 0.6 is 0 Å². The first-order valence-corrected chi connectivity index (χ1v) is 10.2. The van der Waals surface area contributed by atoms with Crippen molar-refractivity contribution >= 4 is 15.9 Å². The normalized spacial score (nSPS) is 11.9. The molecule has 2 rings (SSSR count). The number of rotatable bonds is 9. The average Bonchev–Trinajstić information content (AvgIpc) is 2.71. The van der Waals surface area contributed by atoms with E-state index in [0.717, 1.165) is 0 Å². The van der Waals surface area contributed by atoms with Gasteiger partial charge in [-0.05, 0) is 36.4 Å². The molecule has 0 saturated heterocycles. The van der Waals surface area contributed by atoms with E-state index in [4.69, 9.17) is 4.74 Å². The summed E-state index contributed by atoms with van der Waals surface area (Å²) in [6.07, 6.45) is -4.38. The highest BCUT2D eigenvalue weighted by atomic mass is 32.2. The molecule has 0 unspecified atom stereocenters. The van der Waals surface area contributed by atoms with E-state index in [1.54, 1.807) is 24.3 Å². The lowest BCUT2D eigenvalue weighted by molar-refractivity contribution is -0.176. The van der Waals surface area contributed by atoms with Crippen LogP contribution in [0.25, 0.3) is 0 Å². The van der Waals surface area contributed by atoms with Crippen molar-refractivity contribution in [1.82, 2.24) is 10.0 Å². The van der Waals surface area contributed by atoms with Gasteiger partial charge in [0.1, 0.15) is 17.3 Å². The topological polar surface area (TPSA) is 93.7 Å². The number of benzene rings is 2. The monoisotopic (exact) mass is 446 g/mol. The van der Waals surface area contributed by atoms with Gasteiger partial charge in [0, 0.05) is 12.1 Å². The quantitative estimate of drug-likeness (QED) is 0.618. The Labute approximate surface area is 172 Å². The van der Waals surface area contributed by atoms with Gasteiger partial charge in [-0.3, -0.25) is 4.79 Å². The molecule has 0 spiro atoms. The van der Waals surface area contributed by atoms with Crippen molar-refractivity contribution in [3.63, 3.8) is 0 Å². The molecule has 2 N–H and O–H groups in total. The van der Waals surface area contributed by atoms with E-state index in [9.17, 15) is 26.4 Å². The molecule has 0 radical (unpaired) electrons. The van der Waals surface area contributed by atoms with Crippen LogP contribution in [0, 0.1) is 0 Å². The standard InChI is InChI=1S/C19H21F3N2O5S/c1-23-30(26,27)17-9-15(7-8-16(17)28-2)18(25)24-10-13-3-5-14(6-4-13)11-29-12-19(20,21)22/h3-9,23H,10-12H2,1-2H3,(H,24,25). The van der Waals surface area contributed by atoms with Crippen molar-refractivity contribution in [2.24, 2.45) is 0 Å². The maximum atomic E-state index is 12.4. The van der Waals surface area contributed by atoms with Crippen molar-refractivity contribution in [2.75, 3.05) is 20.8 Å². The zero-order valence-electron chi connectivity index (χ0n) is 16.2. The minimum atomic E-state index is -4.38. The van der Waals surface area contributed by atoms with Crippen LogP contribution < -0.4 is 14.8 Å². The number of amides is 1. The third kappa shape index (κ3) is 6.71. The molecule has 1 amide bonds. The Hall–Kier alpha value is -2.63. The fraction of sp³-hybridized carbons (Fsp3) is 0.316. The van der Waals surface area contributed by atoms with Crippen LogP contribution in [0.15, 0.2) is 47.4 Å². The molecule has 164 valence electrons. The zero-order valence-corrected chi connectivity index (χ0v) is 17.1. The van der Waals surface area contributed by atoms with Crippen LogP contribution in [-0.2, 0) is 27.9 Å². The Morgan fingerprint density at radius 2 is 1.70 bits per heavy atom. The number of nitrogens with one attached hydrogen (secondary N) is 2. The molecule has 0 aliphatic carbocycles. The highest BCUT2D eigenvalue weighted by Crippen LogP contribution is 2.24. The molecule has 7 nitrogen and oxygen atoms in total. The molecule has 11 heteroatoms. The third-order valence-electron chi connectivity index (χ3n) is 3.99. The zero-order chi connectivity index (χ0) is 22.4. The Bertz CT molecular complexity index is 977. The second kappa shape index (κ2) is 9.92. The number of hydrogen-bond acceptors (Lipinski definition) is 5. The maximum Gasteiger partial charge on any atom is 0.411 e. The summed E-state index contributed by atoms with van der Waals surface area (Å²) in [5.41, 5.74) is 1.40. The summed E-state index contributed by atoms with van der Waals surface area (Å²) in [4.78, 5) is 12.2. The molecule has 0 saturated carbocycles. The number of sulfonamides is 1. The average molecular weight is 446 g/mol. The Morgan fingerprint density at radius 1 is 1.07 bits per heavy atom. The Morgan fingerprint density at radius 3 is 2.27 bits per heavy atom. The van der Waals surface area contributed by atoms with E-state index in [2.05, 4.69) is 14.8 Å². The van der Waals surface area contributed by atoms with Gasteiger partial charge in [-0.25, -0.2) is 13.1 Å². The first-order valence-electron chi connectivity index (χ1n) is 8.68. The van der Waals surface area contributed by atoms with E-state index < -0.39 is 28.7 Å². The second-order valence-corrected chi connectivity index (χ2v) is 8.04. The summed E-state index contributed by atoms with van der Waals surface area (Å²) in [6, 6.07) is 10.5. The molecule has 0 atom stereocenters. The molecular formula is C19H21F3N2O5S. The van der Waals surface area contributed by atoms with Gasteiger partial charge in [0.05, 0.1) is 13.7 Å². The van der Waals surface area contributed by atoms with E-state index in [1.807, 2.05) is 0 Å². The molecule has 0 heterocycles. The van der Waals surface area contributed by atoms with E-state index in [0.29, 0.717) is 11.1 Å².